The van der Waals surface area contributed by atoms with Gasteiger partial charge < -0.3 is 18.9 Å². The van der Waals surface area contributed by atoms with Crippen molar-refractivity contribution < 1.29 is 71.6 Å². The van der Waals surface area contributed by atoms with Crippen LogP contribution < -0.4 is 18.9 Å². The average molecular weight is 1460 g/mol. The van der Waals surface area contributed by atoms with Crippen molar-refractivity contribution in [3.8, 4) is 88.4 Å². The zero-order valence-electron chi connectivity index (χ0n) is 56.7. The summed E-state index contributed by atoms with van der Waals surface area (Å²) in [6.45, 7) is 0. The molecule has 2 aliphatic carbocycles. The highest BCUT2D eigenvalue weighted by molar-refractivity contribution is 7.21. The first kappa shape index (κ1) is 68.2. The molecule has 0 radical (unpaired) electrons. The van der Waals surface area contributed by atoms with Crippen LogP contribution in [0.4, 0.5) is 52.7 Å². The van der Waals surface area contributed by atoms with Crippen LogP contribution in [0.15, 0.2) is 255 Å². The third kappa shape index (κ3) is 10.6. The van der Waals surface area contributed by atoms with Gasteiger partial charge in [0.15, 0.2) is 0 Å². The molecule has 0 bridgehead atoms. The number of ether oxygens (including phenoxy) is 4. The monoisotopic (exact) mass is 1460 g/mol. The molecule has 107 heavy (non-hydrogen) atoms. The van der Waals surface area contributed by atoms with Gasteiger partial charge in [0.25, 0.3) is 0 Å². The average Bonchev–Trinajstić information content (AvgIpc) is 1.56. The van der Waals surface area contributed by atoms with E-state index in [0.29, 0.717) is 68.1 Å². The van der Waals surface area contributed by atoms with E-state index in [0.717, 1.165) is 77.9 Å². The second-order valence-electron chi connectivity index (χ2n) is 26.4. The van der Waals surface area contributed by atoms with E-state index in [9.17, 15) is 26.3 Å². The number of alkyl halides is 12. The zero-order valence-corrected chi connectivity index (χ0v) is 57.5. The predicted molar refractivity (Wildman–Crippen MR) is 393 cm³/mol. The van der Waals surface area contributed by atoms with Gasteiger partial charge in [-0.3, -0.25) is 0 Å². The number of thiophene rings is 1. The number of nitrogens with zero attached hydrogens (tertiary/aromatic N) is 2. The fourth-order valence-electron chi connectivity index (χ4n) is 16.4. The first-order valence-electron chi connectivity index (χ1n) is 33.7. The van der Waals surface area contributed by atoms with Gasteiger partial charge in [-0.05, 0) is 185 Å². The van der Waals surface area contributed by atoms with Crippen molar-refractivity contribution in [2.75, 3.05) is 28.4 Å². The first-order chi connectivity index (χ1) is 51.4. The molecule has 0 amide bonds. The molecule has 0 saturated carbocycles. The number of fused-ring (bicyclic) bond motifs is 13. The van der Waals surface area contributed by atoms with Crippen LogP contribution in [0.5, 0.6) is 23.0 Å². The Kier molecular flexibility index (Phi) is 15.8. The molecule has 0 saturated heterocycles. The van der Waals surface area contributed by atoms with Gasteiger partial charge in [-0.15, -0.1) is 11.3 Å². The molecule has 0 spiro atoms. The summed E-state index contributed by atoms with van der Waals surface area (Å²) >= 11 is 1.43. The van der Waals surface area contributed by atoms with Crippen LogP contribution in [0.1, 0.15) is 66.8 Å². The fourth-order valence-corrected chi connectivity index (χ4v) is 17.6. The van der Waals surface area contributed by atoms with Gasteiger partial charge in [0.1, 0.15) is 34.0 Å². The van der Waals surface area contributed by atoms with E-state index in [1.165, 1.54) is 47.7 Å². The minimum Gasteiger partial charge on any atom is -0.497 e. The van der Waals surface area contributed by atoms with Crippen molar-refractivity contribution in [3.63, 3.8) is 0 Å². The molecule has 6 nitrogen and oxygen atoms in total. The van der Waals surface area contributed by atoms with Crippen molar-refractivity contribution >= 4 is 54.9 Å². The topological polar surface area (TPSA) is 62.7 Å². The quantitative estimate of drug-likeness (QED) is 0.0897. The third-order valence-electron chi connectivity index (χ3n) is 21.0. The standard InChI is InChI=1S/C88H54F12N2O4S/c1-103-55-31-21-49(22-32-55)83(50-23-33-56(104-2)34-24-50)69-15-7-5-11-63(69)75-65(13-9-17-71(75)83)81-79-80(82(107-81)66-14-10-18-72-76(66)64-12-6-8-16-70(64)84(72,51-25-35-57(105-3)36-26-51)52-27-37-58(106-4)38-28-52)102-78-62-40-20-48(60-42-30-54(86(92,93)94)46-74(60)88(98,99)100)44-68(62)67-43-47(19-39-61(67)77(78)101-79)59-41-29-53(85(89,90)91)45-73(59)87(95,96)97/h5-46H,1-4H3. The number of halogens is 12. The van der Waals surface area contributed by atoms with E-state index in [-0.39, 0.29) is 55.8 Å². The fraction of sp³-hybridized carbons (Fsp3) is 0.114. The van der Waals surface area contributed by atoms with Gasteiger partial charge in [0, 0.05) is 21.9 Å². The van der Waals surface area contributed by atoms with Crippen LogP contribution in [-0.2, 0) is 35.5 Å². The Labute approximate surface area is 607 Å². The lowest BCUT2D eigenvalue weighted by atomic mass is 9.67. The summed E-state index contributed by atoms with van der Waals surface area (Å²) in [6.07, 6.45) is -21.0. The van der Waals surface area contributed by atoms with Gasteiger partial charge in [-0.25, -0.2) is 9.97 Å². The maximum absolute atomic E-state index is 15.3. The lowest BCUT2D eigenvalue weighted by Gasteiger charge is -2.34. The maximum Gasteiger partial charge on any atom is 0.417 e. The molecular formula is C88H54F12N2O4S. The summed E-state index contributed by atoms with van der Waals surface area (Å²) in [7, 11) is 6.41. The van der Waals surface area contributed by atoms with Gasteiger partial charge in [-0.2, -0.15) is 52.7 Å². The van der Waals surface area contributed by atoms with E-state index in [1.807, 2.05) is 146 Å². The van der Waals surface area contributed by atoms with E-state index < -0.39 is 68.9 Å². The number of benzene rings is 13. The molecule has 17 rings (SSSR count). The summed E-state index contributed by atoms with van der Waals surface area (Å²) in [5, 5.41) is 0.584. The summed E-state index contributed by atoms with van der Waals surface area (Å²) < 4.78 is 200. The van der Waals surface area contributed by atoms with Crippen molar-refractivity contribution in [2.24, 2.45) is 0 Å². The van der Waals surface area contributed by atoms with Crippen molar-refractivity contribution in [1.29, 1.82) is 0 Å². The Hall–Kier alpha value is -12.0. The highest BCUT2D eigenvalue weighted by atomic mass is 32.1. The molecule has 0 N–H and O–H groups in total. The minimum absolute atomic E-state index is 0.0208. The second kappa shape index (κ2) is 24.8. The SMILES string of the molecule is COc1ccc(C2(c3ccc(OC)cc3)c3ccccc3-c3c(-c4sc(-c5cccc6c5-c5ccccc5C6(c5ccc(OC)cc5)c5ccc(OC)cc5)c5nc6c7ccc(-c8ccc(C(F)(F)F)cc8C(F)(F)F)cc7c7cc(-c8ccc(C(F)(F)F)cc8C(F)(F)F)ccc7c6nc45)cccc32)cc1. The zero-order chi connectivity index (χ0) is 74.4. The largest absolute Gasteiger partial charge is 0.497 e. The Bertz CT molecular complexity index is 5660. The molecule has 15 aromatic rings. The van der Waals surface area contributed by atoms with E-state index in [2.05, 4.69) is 36.4 Å². The van der Waals surface area contributed by atoms with Crippen LogP contribution in [-0.4, -0.2) is 38.4 Å². The summed E-state index contributed by atoms with van der Waals surface area (Å²) in [5.41, 5.74) is 3.38. The molecule has 19 heteroatoms. The molecule has 2 aromatic heterocycles. The molecule has 0 aliphatic heterocycles. The third-order valence-corrected chi connectivity index (χ3v) is 22.3. The van der Waals surface area contributed by atoms with Gasteiger partial charge in [0.05, 0.1) is 82.3 Å². The Balaban J connectivity index is 1.01. The Morgan fingerprint density at radius 2 is 0.598 bits per heavy atom. The lowest BCUT2D eigenvalue weighted by Crippen LogP contribution is -2.28. The summed E-state index contributed by atoms with van der Waals surface area (Å²) in [5.74, 6) is 2.56. The molecular weight excluding hydrogens is 1410 g/mol. The van der Waals surface area contributed by atoms with Crippen LogP contribution in [0, 0.1) is 0 Å². The van der Waals surface area contributed by atoms with Crippen LogP contribution in [0.25, 0.3) is 109 Å². The van der Waals surface area contributed by atoms with Crippen molar-refractivity contribution in [2.45, 2.75) is 35.5 Å². The molecule has 2 aliphatic rings. The number of hydrogen-bond donors (Lipinski definition) is 0. The maximum atomic E-state index is 15.3. The number of hydrogen-bond acceptors (Lipinski definition) is 7. The highest BCUT2D eigenvalue weighted by Gasteiger charge is 2.50. The van der Waals surface area contributed by atoms with Crippen molar-refractivity contribution in [3.05, 3.63) is 322 Å². The highest BCUT2D eigenvalue weighted by Crippen LogP contribution is 2.63. The number of methoxy groups -OCH3 is 4. The van der Waals surface area contributed by atoms with Crippen LogP contribution >= 0.6 is 11.3 Å². The molecule has 0 atom stereocenters. The molecule has 0 unspecified atom stereocenters. The summed E-state index contributed by atoms with van der Waals surface area (Å²) in [6, 6.07) is 71.0. The van der Waals surface area contributed by atoms with Gasteiger partial charge in [0.2, 0.25) is 0 Å². The van der Waals surface area contributed by atoms with E-state index >= 15 is 26.3 Å². The van der Waals surface area contributed by atoms with E-state index in [1.54, 1.807) is 28.4 Å². The second-order valence-corrected chi connectivity index (χ2v) is 27.4. The van der Waals surface area contributed by atoms with Crippen molar-refractivity contribution in [1.82, 2.24) is 9.97 Å². The van der Waals surface area contributed by atoms with Gasteiger partial charge >= 0.3 is 24.7 Å². The van der Waals surface area contributed by atoms with E-state index in [4.69, 9.17) is 28.9 Å². The number of aromatic nitrogens is 2. The normalized spacial score (nSPS) is 13.8. The molecule has 0 fully saturated rings. The lowest BCUT2D eigenvalue weighted by molar-refractivity contribution is -0.144. The number of rotatable bonds is 12. The molecule has 530 valence electrons. The van der Waals surface area contributed by atoms with Gasteiger partial charge in [-0.1, -0.05) is 170 Å². The predicted octanol–water partition coefficient (Wildman–Crippen LogP) is 24.7. The smallest absolute Gasteiger partial charge is 0.417 e. The Morgan fingerprint density at radius 3 is 0.916 bits per heavy atom. The molecule has 13 aromatic carbocycles. The van der Waals surface area contributed by atoms with Crippen LogP contribution in [0.2, 0.25) is 0 Å². The first-order valence-corrected chi connectivity index (χ1v) is 34.5. The summed E-state index contributed by atoms with van der Waals surface area (Å²) in [4.78, 5) is 12.8. The minimum atomic E-state index is -5.33. The van der Waals surface area contributed by atoms with Crippen LogP contribution in [0.3, 0.4) is 0 Å². The Morgan fingerprint density at radius 1 is 0.280 bits per heavy atom. The molecule has 2 heterocycles.